The van der Waals surface area contributed by atoms with Crippen LogP contribution in [0, 0.1) is 13.8 Å². The molecule has 26 heavy (non-hydrogen) atoms. The van der Waals surface area contributed by atoms with E-state index in [4.69, 9.17) is 4.42 Å². The molecule has 4 nitrogen and oxygen atoms in total. The molecule has 0 atom stereocenters. The lowest BCUT2D eigenvalue weighted by atomic mass is 9.97. The normalized spacial score (nSPS) is 12.6. The van der Waals surface area contributed by atoms with Crippen molar-refractivity contribution in [2.45, 2.75) is 38.1 Å². The first-order valence-electron chi connectivity index (χ1n) is 8.57. The molecule has 0 fully saturated rings. The summed E-state index contributed by atoms with van der Waals surface area (Å²) in [5, 5.41) is 4.03. The van der Waals surface area contributed by atoms with Crippen molar-refractivity contribution in [2.24, 2.45) is 0 Å². The number of carbonyl (C=O) groups excluding carboxylic acids is 1. The second-order valence-corrected chi connectivity index (χ2v) is 8.56. The minimum atomic E-state index is -0.167. The highest BCUT2D eigenvalue weighted by Crippen LogP contribution is 2.40. The minimum Gasteiger partial charge on any atom is -0.455 e. The Hall–Kier alpha value is -2.05. The number of furan rings is 1. The quantitative estimate of drug-likeness (QED) is 0.658. The van der Waals surface area contributed by atoms with Crippen molar-refractivity contribution in [3.05, 3.63) is 56.8 Å². The van der Waals surface area contributed by atoms with Gasteiger partial charge in [-0.05, 0) is 44.2 Å². The molecule has 1 aliphatic carbocycles. The fraction of sp³-hybridized carbons (Fsp3) is 0.300. The van der Waals surface area contributed by atoms with E-state index >= 15 is 0 Å². The lowest BCUT2D eigenvalue weighted by molar-refractivity contribution is 0.0920. The molecule has 0 saturated carbocycles. The van der Waals surface area contributed by atoms with Crippen molar-refractivity contribution in [3.8, 4) is 11.3 Å². The molecule has 3 aromatic rings. The number of nitrogens with zero attached hydrogens (tertiary/aromatic N) is 1. The second-order valence-electron chi connectivity index (χ2n) is 6.39. The van der Waals surface area contributed by atoms with E-state index in [0.717, 1.165) is 46.0 Å². The highest BCUT2D eigenvalue weighted by molar-refractivity contribution is 7.98. The zero-order chi connectivity index (χ0) is 18.3. The van der Waals surface area contributed by atoms with Crippen molar-refractivity contribution < 1.29 is 9.21 Å². The lowest BCUT2D eigenvalue weighted by Gasteiger charge is -2.09. The van der Waals surface area contributed by atoms with Gasteiger partial charge in [0.2, 0.25) is 0 Å². The van der Waals surface area contributed by atoms with Gasteiger partial charge in [-0.3, -0.25) is 4.79 Å². The van der Waals surface area contributed by atoms with Gasteiger partial charge >= 0.3 is 0 Å². The van der Waals surface area contributed by atoms with Crippen molar-refractivity contribution in [3.63, 3.8) is 0 Å². The van der Waals surface area contributed by atoms with Gasteiger partial charge in [0.15, 0.2) is 5.76 Å². The standard InChI is InChI=1S/C20H20N2O2S2/c1-11-17-15(8-9-16-18(17)22-12(2)26-16)24-19(11)20(23)21-10-13-4-6-14(25-3)7-5-13/h4-7H,8-10H2,1-3H3,(H,21,23). The highest BCUT2D eigenvalue weighted by Gasteiger charge is 2.29. The van der Waals surface area contributed by atoms with Crippen molar-refractivity contribution in [1.29, 1.82) is 0 Å². The molecule has 0 radical (unpaired) electrons. The maximum absolute atomic E-state index is 12.7. The van der Waals surface area contributed by atoms with Crippen molar-refractivity contribution in [2.75, 3.05) is 6.26 Å². The van der Waals surface area contributed by atoms with Gasteiger partial charge in [0, 0.05) is 33.9 Å². The van der Waals surface area contributed by atoms with Crippen LogP contribution in [-0.4, -0.2) is 17.1 Å². The van der Waals surface area contributed by atoms with E-state index in [1.54, 1.807) is 23.1 Å². The summed E-state index contributed by atoms with van der Waals surface area (Å²) in [6.07, 6.45) is 3.81. The molecule has 1 aromatic carbocycles. The predicted octanol–water partition coefficient (Wildman–Crippen LogP) is 4.77. The third-order valence-corrected chi connectivity index (χ3v) is 6.43. The molecule has 4 rings (SSSR count). The molecular weight excluding hydrogens is 364 g/mol. The van der Waals surface area contributed by atoms with Crippen LogP contribution in [-0.2, 0) is 19.4 Å². The van der Waals surface area contributed by atoms with E-state index in [1.165, 1.54) is 9.77 Å². The SMILES string of the molecule is CSc1ccc(CNC(=O)c2oc3c(c2C)-c2nc(C)sc2CC3)cc1. The first kappa shape index (κ1) is 17.4. The maximum atomic E-state index is 12.7. The van der Waals surface area contributed by atoms with E-state index in [0.29, 0.717) is 12.3 Å². The van der Waals surface area contributed by atoms with E-state index in [2.05, 4.69) is 22.4 Å². The first-order valence-corrected chi connectivity index (χ1v) is 10.6. The number of hydrogen-bond acceptors (Lipinski definition) is 5. The van der Waals surface area contributed by atoms with Gasteiger partial charge in [-0.1, -0.05) is 12.1 Å². The molecule has 0 saturated heterocycles. The molecule has 0 unspecified atom stereocenters. The zero-order valence-electron chi connectivity index (χ0n) is 15.0. The largest absolute Gasteiger partial charge is 0.455 e. The molecule has 1 N–H and O–H groups in total. The molecular formula is C20H20N2O2S2. The number of aromatic nitrogens is 1. The van der Waals surface area contributed by atoms with Crippen LogP contribution in [0.25, 0.3) is 11.3 Å². The summed E-state index contributed by atoms with van der Waals surface area (Å²) in [6, 6.07) is 8.21. The van der Waals surface area contributed by atoms with E-state index in [9.17, 15) is 4.79 Å². The van der Waals surface area contributed by atoms with Crippen LogP contribution >= 0.6 is 23.1 Å². The molecule has 2 heterocycles. The lowest BCUT2D eigenvalue weighted by Crippen LogP contribution is -2.23. The monoisotopic (exact) mass is 384 g/mol. The zero-order valence-corrected chi connectivity index (χ0v) is 16.6. The fourth-order valence-electron chi connectivity index (χ4n) is 3.34. The molecule has 1 amide bonds. The summed E-state index contributed by atoms with van der Waals surface area (Å²) >= 11 is 3.44. The van der Waals surface area contributed by atoms with Crippen LogP contribution < -0.4 is 5.32 Å². The van der Waals surface area contributed by atoms with Crippen LogP contribution in [0.3, 0.4) is 0 Å². The Bertz CT molecular complexity index is 971. The maximum Gasteiger partial charge on any atom is 0.287 e. The third kappa shape index (κ3) is 3.08. The number of rotatable bonds is 4. The summed E-state index contributed by atoms with van der Waals surface area (Å²) in [5.41, 5.74) is 3.98. The summed E-state index contributed by atoms with van der Waals surface area (Å²) in [7, 11) is 0. The van der Waals surface area contributed by atoms with Gasteiger partial charge in [-0.2, -0.15) is 0 Å². The number of benzene rings is 1. The summed E-state index contributed by atoms with van der Waals surface area (Å²) in [4.78, 5) is 19.8. The topological polar surface area (TPSA) is 55.1 Å². The number of aryl methyl sites for hydroxylation is 3. The van der Waals surface area contributed by atoms with Gasteiger partial charge in [0.25, 0.3) is 5.91 Å². The molecule has 0 bridgehead atoms. The Kier molecular flexibility index (Phi) is 4.63. The Morgan fingerprint density at radius 2 is 2.04 bits per heavy atom. The number of carbonyl (C=O) groups is 1. The average Bonchev–Trinajstić information content (AvgIpc) is 3.19. The Balaban J connectivity index is 1.55. The van der Waals surface area contributed by atoms with Crippen LogP contribution in [0.5, 0.6) is 0 Å². The van der Waals surface area contributed by atoms with Crippen LogP contribution in [0.4, 0.5) is 0 Å². The highest BCUT2D eigenvalue weighted by atomic mass is 32.2. The Morgan fingerprint density at radius 1 is 1.27 bits per heavy atom. The van der Waals surface area contributed by atoms with Crippen LogP contribution in [0.2, 0.25) is 0 Å². The van der Waals surface area contributed by atoms with Gasteiger partial charge < -0.3 is 9.73 Å². The molecule has 2 aromatic heterocycles. The Labute approximate surface area is 161 Å². The number of thioether (sulfide) groups is 1. The smallest absolute Gasteiger partial charge is 0.287 e. The average molecular weight is 385 g/mol. The molecule has 134 valence electrons. The number of fused-ring (bicyclic) bond motifs is 3. The van der Waals surface area contributed by atoms with Gasteiger partial charge in [0.1, 0.15) is 5.76 Å². The van der Waals surface area contributed by atoms with Gasteiger partial charge in [-0.25, -0.2) is 4.98 Å². The third-order valence-electron chi connectivity index (χ3n) is 4.66. The van der Waals surface area contributed by atoms with Crippen molar-refractivity contribution in [1.82, 2.24) is 10.3 Å². The predicted molar refractivity (Wildman–Crippen MR) is 106 cm³/mol. The number of amides is 1. The number of thiazole rings is 1. The van der Waals surface area contributed by atoms with Gasteiger partial charge in [-0.15, -0.1) is 23.1 Å². The van der Waals surface area contributed by atoms with Gasteiger partial charge in [0.05, 0.1) is 10.7 Å². The van der Waals surface area contributed by atoms with E-state index in [-0.39, 0.29) is 5.91 Å². The summed E-state index contributed by atoms with van der Waals surface area (Å²) < 4.78 is 5.94. The molecule has 6 heteroatoms. The summed E-state index contributed by atoms with van der Waals surface area (Å²) in [6.45, 7) is 4.46. The second kappa shape index (κ2) is 6.93. The minimum absolute atomic E-state index is 0.167. The fourth-order valence-corrected chi connectivity index (χ4v) is 4.69. The van der Waals surface area contributed by atoms with E-state index in [1.807, 2.05) is 32.2 Å². The Morgan fingerprint density at radius 3 is 2.77 bits per heavy atom. The van der Waals surface area contributed by atoms with Crippen molar-refractivity contribution >= 4 is 29.0 Å². The van der Waals surface area contributed by atoms with Crippen LogP contribution in [0.1, 0.15) is 37.3 Å². The molecule has 1 aliphatic rings. The molecule has 0 spiro atoms. The summed E-state index contributed by atoms with van der Waals surface area (Å²) in [5.74, 6) is 1.13. The molecule has 0 aliphatic heterocycles. The number of nitrogens with one attached hydrogen (secondary N) is 1. The first-order chi connectivity index (χ1) is 12.6. The number of hydrogen-bond donors (Lipinski definition) is 1. The van der Waals surface area contributed by atoms with Crippen LogP contribution in [0.15, 0.2) is 33.6 Å². The van der Waals surface area contributed by atoms with E-state index < -0.39 is 0 Å².